The topological polar surface area (TPSA) is 93.4 Å². The molecule has 3 atom stereocenters. The molecule has 0 aromatic rings. The van der Waals surface area contributed by atoms with Gasteiger partial charge in [-0.05, 0) is 19.8 Å². The van der Waals surface area contributed by atoms with Crippen LogP contribution < -0.4 is 16.4 Å². The van der Waals surface area contributed by atoms with Crippen LogP contribution in [-0.2, 0) is 14.3 Å². The molecule has 17 heavy (non-hydrogen) atoms. The maximum absolute atomic E-state index is 11.8. The number of hydrogen-bond donors (Lipinski definition) is 3. The van der Waals surface area contributed by atoms with E-state index in [0.29, 0.717) is 19.3 Å². The van der Waals surface area contributed by atoms with E-state index in [4.69, 9.17) is 10.5 Å². The van der Waals surface area contributed by atoms with E-state index >= 15 is 0 Å². The Bertz CT molecular complexity index is 317. The summed E-state index contributed by atoms with van der Waals surface area (Å²) in [5.74, 6) is -0.673. The molecular formula is C11H19N3O3. The molecule has 3 unspecified atom stereocenters. The minimum atomic E-state index is -0.518. The number of ether oxygens (including phenoxy) is 1. The van der Waals surface area contributed by atoms with Gasteiger partial charge in [0.25, 0.3) is 0 Å². The lowest BCUT2D eigenvalue weighted by Gasteiger charge is -2.18. The number of amides is 2. The van der Waals surface area contributed by atoms with Gasteiger partial charge in [-0.15, -0.1) is 0 Å². The third kappa shape index (κ3) is 3.17. The van der Waals surface area contributed by atoms with Crippen molar-refractivity contribution in [1.29, 1.82) is 0 Å². The van der Waals surface area contributed by atoms with Gasteiger partial charge in [-0.1, -0.05) is 0 Å². The molecule has 1 saturated heterocycles. The van der Waals surface area contributed by atoms with Crippen molar-refractivity contribution in [3.63, 3.8) is 0 Å². The Morgan fingerprint density at radius 3 is 2.59 bits per heavy atom. The molecule has 2 amide bonds. The first-order valence-electron chi connectivity index (χ1n) is 6.02. The first-order chi connectivity index (χ1) is 8.08. The molecule has 0 aromatic carbocycles. The predicted molar refractivity (Wildman–Crippen MR) is 61.1 cm³/mol. The Kier molecular flexibility index (Phi) is 3.63. The summed E-state index contributed by atoms with van der Waals surface area (Å²) in [6.45, 7) is 2.42. The summed E-state index contributed by atoms with van der Waals surface area (Å²) in [5.41, 5.74) is 5.74. The van der Waals surface area contributed by atoms with Gasteiger partial charge in [-0.2, -0.15) is 0 Å². The summed E-state index contributed by atoms with van der Waals surface area (Å²) in [6, 6.07) is -0.483. The van der Waals surface area contributed by atoms with E-state index in [1.807, 2.05) is 0 Å². The Morgan fingerprint density at radius 2 is 2.06 bits per heavy atom. The molecule has 96 valence electrons. The van der Waals surface area contributed by atoms with Crippen LogP contribution in [0.25, 0.3) is 0 Å². The van der Waals surface area contributed by atoms with Gasteiger partial charge >= 0.3 is 0 Å². The van der Waals surface area contributed by atoms with Crippen LogP contribution in [0.3, 0.4) is 0 Å². The minimum Gasteiger partial charge on any atom is -0.379 e. The second-order valence-corrected chi connectivity index (χ2v) is 4.82. The number of carbonyl (C=O) groups is 2. The van der Waals surface area contributed by atoms with E-state index in [1.165, 1.54) is 0 Å². The van der Waals surface area contributed by atoms with Gasteiger partial charge in [0, 0.05) is 12.1 Å². The Labute approximate surface area is 100 Å². The normalized spacial score (nSPS) is 29.8. The molecule has 1 aliphatic heterocycles. The fraction of sp³-hybridized carbons (Fsp3) is 0.818. The fourth-order valence-corrected chi connectivity index (χ4v) is 1.78. The molecule has 2 fully saturated rings. The number of rotatable bonds is 4. The molecule has 6 heteroatoms. The number of nitrogens with one attached hydrogen (secondary N) is 2. The van der Waals surface area contributed by atoms with E-state index in [0.717, 1.165) is 12.8 Å². The number of carbonyl (C=O) groups excluding carboxylic acids is 2. The molecular weight excluding hydrogens is 222 g/mol. The number of nitrogens with two attached hydrogens (primary N) is 1. The van der Waals surface area contributed by atoms with Crippen molar-refractivity contribution in [3.8, 4) is 0 Å². The molecule has 0 bridgehead atoms. The summed E-state index contributed by atoms with van der Waals surface area (Å²) in [6.07, 6.45) is 2.07. The van der Waals surface area contributed by atoms with E-state index in [1.54, 1.807) is 6.92 Å². The first kappa shape index (κ1) is 12.3. The van der Waals surface area contributed by atoms with E-state index < -0.39 is 6.04 Å². The monoisotopic (exact) mass is 241 g/mol. The van der Waals surface area contributed by atoms with Gasteiger partial charge in [0.2, 0.25) is 11.8 Å². The van der Waals surface area contributed by atoms with Gasteiger partial charge in [0.15, 0.2) is 0 Å². The summed E-state index contributed by atoms with van der Waals surface area (Å²) in [7, 11) is 0. The molecule has 1 heterocycles. The molecule has 2 rings (SSSR count). The van der Waals surface area contributed by atoms with Crippen LogP contribution in [0, 0.1) is 5.92 Å². The molecule has 6 nitrogen and oxygen atoms in total. The highest BCUT2D eigenvalue weighted by atomic mass is 16.5. The van der Waals surface area contributed by atoms with Crippen molar-refractivity contribution >= 4 is 11.8 Å². The Balaban J connectivity index is 1.78. The zero-order chi connectivity index (χ0) is 12.4. The lowest BCUT2D eigenvalue weighted by molar-refractivity contribution is -0.131. The van der Waals surface area contributed by atoms with E-state index in [-0.39, 0.29) is 23.8 Å². The van der Waals surface area contributed by atoms with E-state index in [9.17, 15) is 9.59 Å². The molecule has 0 spiro atoms. The summed E-state index contributed by atoms with van der Waals surface area (Å²) in [5, 5.41) is 5.52. The van der Waals surface area contributed by atoms with Crippen LogP contribution in [0.4, 0.5) is 0 Å². The molecule has 2 aliphatic rings. The predicted octanol–water partition coefficient (Wildman–Crippen LogP) is -1.26. The maximum atomic E-state index is 11.8. The Hall–Kier alpha value is -1.14. The van der Waals surface area contributed by atoms with Crippen LogP contribution in [0.5, 0.6) is 0 Å². The van der Waals surface area contributed by atoms with Gasteiger partial charge < -0.3 is 21.1 Å². The summed E-state index contributed by atoms with van der Waals surface area (Å²) in [4.78, 5) is 23.5. The Morgan fingerprint density at radius 1 is 1.35 bits per heavy atom. The van der Waals surface area contributed by atoms with Crippen molar-refractivity contribution in [1.82, 2.24) is 10.6 Å². The van der Waals surface area contributed by atoms with Crippen LogP contribution in [0.1, 0.15) is 19.8 Å². The standard InChI is InChI=1S/C11H19N3O3/c1-6(10(15)14-7-2-3-7)13-11(16)8-4-17-5-9(8)12/h6-9H,2-5,12H2,1H3,(H,13,16)(H,14,15). The average Bonchev–Trinajstić information content (AvgIpc) is 2.98. The summed E-state index contributed by atoms with van der Waals surface area (Å²) < 4.78 is 5.12. The molecule has 0 radical (unpaired) electrons. The molecule has 1 saturated carbocycles. The van der Waals surface area contributed by atoms with Crippen molar-refractivity contribution in [2.45, 2.75) is 37.9 Å². The van der Waals surface area contributed by atoms with E-state index in [2.05, 4.69) is 10.6 Å². The number of hydrogen-bond acceptors (Lipinski definition) is 4. The first-order valence-corrected chi connectivity index (χ1v) is 6.02. The molecule has 0 aromatic heterocycles. The third-order valence-corrected chi connectivity index (χ3v) is 3.14. The second-order valence-electron chi connectivity index (χ2n) is 4.82. The van der Waals surface area contributed by atoms with Crippen molar-refractivity contribution < 1.29 is 14.3 Å². The zero-order valence-electron chi connectivity index (χ0n) is 9.94. The SMILES string of the molecule is CC(NC(=O)C1COCC1N)C(=O)NC1CC1. The van der Waals surface area contributed by atoms with Crippen molar-refractivity contribution in [2.24, 2.45) is 11.7 Å². The highest BCUT2D eigenvalue weighted by Crippen LogP contribution is 2.18. The molecule has 1 aliphatic carbocycles. The average molecular weight is 241 g/mol. The lowest BCUT2D eigenvalue weighted by atomic mass is 10.0. The highest BCUT2D eigenvalue weighted by Gasteiger charge is 2.33. The van der Waals surface area contributed by atoms with Gasteiger partial charge in [-0.25, -0.2) is 0 Å². The van der Waals surface area contributed by atoms with Crippen LogP contribution in [-0.4, -0.2) is 43.2 Å². The minimum absolute atomic E-state index is 0.131. The van der Waals surface area contributed by atoms with Crippen LogP contribution >= 0.6 is 0 Å². The van der Waals surface area contributed by atoms with Crippen molar-refractivity contribution in [3.05, 3.63) is 0 Å². The van der Waals surface area contributed by atoms with Crippen LogP contribution in [0.2, 0.25) is 0 Å². The second kappa shape index (κ2) is 5.01. The summed E-state index contributed by atoms with van der Waals surface area (Å²) >= 11 is 0. The van der Waals surface area contributed by atoms with Gasteiger partial charge in [0.1, 0.15) is 6.04 Å². The highest BCUT2D eigenvalue weighted by molar-refractivity contribution is 5.88. The van der Waals surface area contributed by atoms with Gasteiger partial charge in [-0.3, -0.25) is 9.59 Å². The fourth-order valence-electron chi connectivity index (χ4n) is 1.78. The third-order valence-electron chi connectivity index (χ3n) is 3.14. The lowest BCUT2D eigenvalue weighted by Crippen LogP contribution is -2.50. The smallest absolute Gasteiger partial charge is 0.242 e. The van der Waals surface area contributed by atoms with Crippen LogP contribution in [0.15, 0.2) is 0 Å². The largest absolute Gasteiger partial charge is 0.379 e. The maximum Gasteiger partial charge on any atom is 0.242 e. The molecule has 4 N–H and O–H groups in total. The zero-order valence-corrected chi connectivity index (χ0v) is 9.94. The quantitative estimate of drug-likeness (QED) is 0.573. The van der Waals surface area contributed by atoms with Gasteiger partial charge in [0.05, 0.1) is 19.1 Å². The van der Waals surface area contributed by atoms with Crippen molar-refractivity contribution in [2.75, 3.05) is 13.2 Å².